The molecule has 3 aromatic rings. The maximum atomic E-state index is 14.0. The summed E-state index contributed by atoms with van der Waals surface area (Å²) < 4.78 is 54.0. The van der Waals surface area contributed by atoms with Crippen LogP contribution in [0.2, 0.25) is 0 Å². The lowest BCUT2D eigenvalue weighted by molar-refractivity contribution is 0.0622. The van der Waals surface area contributed by atoms with Crippen LogP contribution < -0.4 is 14.8 Å². The molecule has 0 aliphatic carbocycles. The molecular formula is C22H25F2N5O3S2. The third-order valence-electron chi connectivity index (χ3n) is 5.64. The van der Waals surface area contributed by atoms with Gasteiger partial charge in [-0.1, -0.05) is 11.3 Å². The predicted octanol–water partition coefficient (Wildman–Crippen LogP) is 4.56. The fourth-order valence-electron chi connectivity index (χ4n) is 3.75. The molecule has 1 aliphatic heterocycles. The second-order valence-corrected chi connectivity index (χ2v) is 10.1. The van der Waals surface area contributed by atoms with Crippen LogP contribution in [-0.2, 0) is 15.7 Å². The highest BCUT2D eigenvalue weighted by Crippen LogP contribution is 2.36. The van der Waals surface area contributed by atoms with Gasteiger partial charge in [0, 0.05) is 31.0 Å². The molecule has 0 aromatic carbocycles. The Kier molecular flexibility index (Phi) is 7.69. The lowest BCUT2D eigenvalue weighted by Gasteiger charge is -2.28. The van der Waals surface area contributed by atoms with E-state index >= 15 is 0 Å². The van der Waals surface area contributed by atoms with Crippen LogP contribution >= 0.6 is 11.3 Å². The summed E-state index contributed by atoms with van der Waals surface area (Å²) in [5.74, 6) is -1.32. The number of methoxy groups -OCH3 is 1. The number of aryl methyl sites for hydroxylation is 1. The number of hydrogen-bond acceptors (Lipinski definition) is 8. The van der Waals surface area contributed by atoms with Crippen molar-refractivity contribution in [3.8, 4) is 16.3 Å². The molecule has 3 aromatic heterocycles. The van der Waals surface area contributed by atoms with E-state index in [0.29, 0.717) is 11.5 Å². The minimum atomic E-state index is -2.05. The van der Waals surface area contributed by atoms with Gasteiger partial charge in [-0.3, -0.25) is 9.71 Å². The molecular weight excluding hydrogens is 484 g/mol. The molecule has 12 heteroatoms. The smallest absolute Gasteiger partial charge is 0.231 e. The molecule has 0 bridgehead atoms. The Labute approximate surface area is 202 Å². The molecule has 2 atom stereocenters. The van der Waals surface area contributed by atoms with E-state index in [4.69, 9.17) is 9.47 Å². The van der Waals surface area contributed by atoms with E-state index in [0.717, 1.165) is 54.2 Å². The summed E-state index contributed by atoms with van der Waals surface area (Å²) in [6, 6.07) is 1.87. The number of ether oxygens (including phenoxy) is 2. The number of aromatic nitrogens is 3. The third-order valence-corrected chi connectivity index (χ3v) is 7.86. The minimum Gasteiger partial charge on any atom is -0.480 e. The molecule has 0 saturated carbocycles. The van der Waals surface area contributed by atoms with Gasteiger partial charge >= 0.3 is 0 Å². The van der Waals surface area contributed by atoms with Gasteiger partial charge < -0.3 is 14.8 Å². The van der Waals surface area contributed by atoms with Gasteiger partial charge in [0.05, 0.1) is 30.1 Å². The van der Waals surface area contributed by atoms with Crippen LogP contribution in [-0.4, -0.2) is 45.5 Å². The molecule has 2 N–H and O–H groups in total. The van der Waals surface area contributed by atoms with Crippen LogP contribution in [0.3, 0.4) is 0 Å². The normalized spacial score (nSPS) is 16.1. The number of nitrogens with one attached hydrogen (secondary N) is 2. The molecule has 8 nitrogen and oxygen atoms in total. The summed E-state index contributed by atoms with van der Waals surface area (Å²) in [6.45, 7) is 5.58. The van der Waals surface area contributed by atoms with Gasteiger partial charge in [0.15, 0.2) is 27.8 Å². The Morgan fingerprint density at radius 3 is 2.62 bits per heavy atom. The first kappa shape index (κ1) is 24.4. The lowest BCUT2D eigenvalue weighted by Crippen LogP contribution is -2.30. The third kappa shape index (κ3) is 5.34. The fourth-order valence-corrected chi connectivity index (χ4v) is 5.82. The Bertz CT molecular complexity index is 1170. The molecule has 1 aliphatic rings. The first-order valence-electron chi connectivity index (χ1n) is 10.7. The number of thiazole rings is 1. The van der Waals surface area contributed by atoms with Gasteiger partial charge in [-0.15, -0.1) is 0 Å². The average molecular weight is 510 g/mol. The summed E-state index contributed by atoms with van der Waals surface area (Å²) in [7, 11) is -0.668. The van der Waals surface area contributed by atoms with E-state index in [9.17, 15) is 13.0 Å². The molecule has 0 radical (unpaired) electrons. The summed E-state index contributed by atoms with van der Waals surface area (Å²) >= 11 is 1.47. The monoisotopic (exact) mass is 509 g/mol. The van der Waals surface area contributed by atoms with Crippen LogP contribution in [0.4, 0.5) is 19.6 Å². The van der Waals surface area contributed by atoms with Crippen molar-refractivity contribution in [3.05, 3.63) is 42.0 Å². The first-order chi connectivity index (χ1) is 16.4. The molecule has 34 heavy (non-hydrogen) atoms. The molecule has 1 fully saturated rings. The number of rotatable bonds is 8. The van der Waals surface area contributed by atoms with Crippen molar-refractivity contribution in [2.75, 3.05) is 30.4 Å². The number of hydrogen-bond donors (Lipinski definition) is 2. The minimum absolute atomic E-state index is 0.0816. The van der Waals surface area contributed by atoms with E-state index in [-0.39, 0.29) is 16.8 Å². The van der Waals surface area contributed by atoms with Crippen molar-refractivity contribution in [1.29, 1.82) is 0 Å². The SMILES string of the molecule is COc1ncc(-c2sc(NC(C)C3CCOCC3)nc2C)cc1S(=O)Nc1c(F)cncc1F. The Morgan fingerprint density at radius 2 is 1.94 bits per heavy atom. The lowest BCUT2D eigenvalue weighted by atomic mass is 9.93. The highest BCUT2D eigenvalue weighted by molar-refractivity contribution is 7.86. The molecule has 0 spiro atoms. The number of nitrogens with zero attached hydrogens (tertiary/aromatic N) is 3. The van der Waals surface area contributed by atoms with Gasteiger partial charge in [-0.25, -0.2) is 23.0 Å². The highest BCUT2D eigenvalue weighted by atomic mass is 32.2. The average Bonchev–Trinajstić information content (AvgIpc) is 3.21. The fraction of sp³-hybridized carbons (Fsp3) is 0.409. The molecule has 2 unspecified atom stereocenters. The van der Waals surface area contributed by atoms with Crippen LogP contribution in [0.1, 0.15) is 25.5 Å². The zero-order valence-electron chi connectivity index (χ0n) is 18.9. The summed E-state index contributed by atoms with van der Waals surface area (Å²) in [4.78, 5) is 13.3. The van der Waals surface area contributed by atoms with Gasteiger partial charge in [0.2, 0.25) is 5.88 Å². The summed E-state index contributed by atoms with van der Waals surface area (Å²) in [5.41, 5.74) is 0.918. The van der Waals surface area contributed by atoms with Crippen molar-refractivity contribution < 1.29 is 22.5 Å². The van der Waals surface area contributed by atoms with Crippen LogP contribution in [0, 0.1) is 24.5 Å². The highest BCUT2D eigenvalue weighted by Gasteiger charge is 2.23. The maximum Gasteiger partial charge on any atom is 0.231 e. The molecule has 0 amide bonds. The Balaban J connectivity index is 1.58. The van der Waals surface area contributed by atoms with E-state index in [2.05, 4.69) is 31.9 Å². The number of anilines is 2. The van der Waals surface area contributed by atoms with Crippen molar-refractivity contribution in [1.82, 2.24) is 15.0 Å². The zero-order chi connectivity index (χ0) is 24.2. The Hall–Kier alpha value is -2.70. The number of halogens is 2. The molecule has 182 valence electrons. The second-order valence-electron chi connectivity index (χ2n) is 7.90. The molecule has 4 rings (SSSR count). The zero-order valence-corrected chi connectivity index (χ0v) is 20.6. The van der Waals surface area contributed by atoms with Crippen molar-refractivity contribution in [2.45, 2.75) is 37.6 Å². The van der Waals surface area contributed by atoms with Crippen molar-refractivity contribution >= 4 is 33.1 Å². The van der Waals surface area contributed by atoms with E-state index in [1.807, 2.05) is 6.92 Å². The van der Waals surface area contributed by atoms with Gasteiger partial charge in [-0.2, -0.15) is 0 Å². The van der Waals surface area contributed by atoms with Gasteiger partial charge in [0.1, 0.15) is 10.6 Å². The Morgan fingerprint density at radius 1 is 1.24 bits per heavy atom. The van der Waals surface area contributed by atoms with E-state index in [1.165, 1.54) is 18.4 Å². The van der Waals surface area contributed by atoms with Gasteiger partial charge in [0.25, 0.3) is 0 Å². The topological polar surface area (TPSA) is 98.3 Å². The van der Waals surface area contributed by atoms with Crippen LogP contribution in [0.25, 0.3) is 10.4 Å². The quantitative estimate of drug-likeness (QED) is 0.459. The van der Waals surface area contributed by atoms with Crippen molar-refractivity contribution in [3.63, 3.8) is 0 Å². The molecule has 4 heterocycles. The standard InChI is InChI=1S/C22H25F2N5O3S2/c1-12(14-4-6-32-7-5-14)27-22-28-13(2)20(33-22)15-8-18(21(31-3)26-9-15)34(30)29-19-16(23)10-25-11-17(19)24/h8-12,14H,4-7H2,1-3H3,(H,25,29)(H,27,28). The molecule has 1 saturated heterocycles. The summed E-state index contributed by atoms with van der Waals surface area (Å²) in [6.07, 6.45) is 5.29. The van der Waals surface area contributed by atoms with E-state index in [1.54, 1.807) is 12.3 Å². The maximum absolute atomic E-state index is 14.0. The second kappa shape index (κ2) is 10.7. The number of pyridine rings is 2. The summed E-state index contributed by atoms with van der Waals surface area (Å²) in [5, 5.41) is 4.27. The largest absolute Gasteiger partial charge is 0.480 e. The van der Waals surface area contributed by atoms with Gasteiger partial charge in [-0.05, 0) is 38.7 Å². The van der Waals surface area contributed by atoms with Crippen molar-refractivity contribution in [2.24, 2.45) is 5.92 Å². The first-order valence-corrected chi connectivity index (χ1v) is 12.7. The van der Waals surface area contributed by atoms with Crippen LogP contribution in [0.15, 0.2) is 29.6 Å². The predicted molar refractivity (Wildman–Crippen MR) is 127 cm³/mol. The van der Waals surface area contributed by atoms with Crippen LogP contribution in [0.5, 0.6) is 5.88 Å². The van der Waals surface area contributed by atoms with E-state index < -0.39 is 28.3 Å².